The second kappa shape index (κ2) is 121. The van der Waals surface area contributed by atoms with Gasteiger partial charge in [-0.2, -0.15) is 0 Å². The van der Waals surface area contributed by atoms with Gasteiger partial charge in [0.2, 0.25) is 0 Å². The first kappa shape index (κ1) is 124. The Bertz CT molecular complexity index is 1300. The van der Waals surface area contributed by atoms with Crippen molar-refractivity contribution >= 4 is 90.6 Å². The van der Waals surface area contributed by atoms with Crippen molar-refractivity contribution in [1.29, 1.82) is 0 Å². The van der Waals surface area contributed by atoms with Crippen molar-refractivity contribution in [2.75, 3.05) is 0 Å². The second-order valence-electron chi connectivity index (χ2n) is 30.5. The number of unbranched alkanes of at least 4 members (excludes halogenated alkanes) is 70. The summed E-state index contributed by atoms with van der Waals surface area (Å²) in [6, 6.07) is 0. The molecule has 0 amide bonds. The third-order valence-corrected chi connectivity index (χ3v) is 20.0. The predicted molar refractivity (Wildman–Crippen MR) is 447 cm³/mol. The van der Waals surface area contributed by atoms with E-state index in [-0.39, 0.29) is 142 Å². The molecule has 0 aliphatic heterocycles. The summed E-state index contributed by atoms with van der Waals surface area (Å²) >= 11 is 0. The van der Waals surface area contributed by atoms with Crippen LogP contribution in [0.25, 0.3) is 0 Å². The van der Waals surface area contributed by atoms with E-state index in [0.717, 1.165) is 64.2 Å². The van der Waals surface area contributed by atoms with Crippen LogP contribution in [-0.4, -0.2) is 116 Å². The normalized spacial score (nSPS) is 10.4. The molecule has 0 fully saturated rings. The van der Waals surface area contributed by atoms with E-state index in [1.165, 1.54) is 417 Å². The van der Waals surface area contributed by atoms with Gasteiger partial charge in [-0.05, 0) is 32.1 Å². The molecule has 0 aromatic carbocycles. The molecule has 104 heavy (non-hydrogen) atoms. The van der Waals surface area contributed by atoms with Gasteiger partial charge in [0.1, 0.15) is 0 Å². The number of hydrogen-bond donors (Lipinski definition) is 5. The van der Waals surface area contributed by atoms with Crippen molar-refractivity contribution in [2.45, 2.75) is 548 Å². The Labute approximate surface area is 760 Å². The largest absolute Gasteiger partial charge is 2.00 e. The van der Waals surface area contributed by atoms with Crippen LogP contribution in [0.1, 0.15) is 548 Å². The van der Waals surface area contributed by atoms with Crippen molar-refractivity contribution in [3.63, 3.8) is 0 Å². The van der Waals surface area contributed by atoms with Crippen LogP contribution in [0.2, 0.25) is 0 Å². The van der Waals surface area contributed by atoms with Gasteiger partial charge in [0.15, 0.2) is 0 Å². The van der Waals surface area contributed by atoms with E-state index in [1.54, 1.807) is 0 Å². The number of carbonyl (C=O) groups is 5. The van der Waals surface area contributed by atoms with Gasteiger partial charge in [0, 0.05) is 32.1 Å². The zero-order valence-electron chi connectivity index (χ0n) is 71.8. The molecule has 0 bridgehead atoms. The van der Waals surface area contributed by atoms with E-state index >= 15 is 0 Å². The van der Waals surface area contributed by atoms with Gasteiger partial charge in [0.25, 0.3) is 0 Å². The Morgan fingerprint density at radius 1 is 0.154 bits per heavy atom. The molecule has 0 aliphatic carbocycles. The number of hydrogen-bond acceptors (Lipinski definition) is 5. The van der Waals surface area contributed by atoms with E-state index in [2.05, 4.69) is 34.6 Å². The van der Waals surface area contributed by atoms with Crippen molar-refractivity contribution in [1.82, 2.24) is 0 Å². The van der Waals surface area contributed by atoms with E-state index in [0.29, 0.717) is 32.1 Å². The molecule has 0 unspecified atom stereocenters. The van der Waals surface area contributed by atoms with Gasteiger partial charge >= 0.3 is 172 Å². The van der Waals surface area contributed by atoms with Gasteiger partial charge in [0.05, 0.1) is 0 Å². The van der Waals surface area contributed by atoms with Crippen LogP contribution in [0, 0.1) is 0 Å². The summed E-state index contributed by atoms with van der Waals surface area (Å²) in [6.45, 7) is 11.4. The van der Waals surface area contributed by atoms with Gasteiger partial charge in [-0.25, -0.2) is 0 Å². The molecule has 0 radical (unpaired) electrons. The van der Waals surface area contributed by atoms with E-state index in [1.807, 2.05) is 0 Å². The first-order chi connectivity index (χ1) is 48.9. The first-order valence-electron chi connectivity index (χ1n) is 44.9. The average Bonchev–Trinajstić information content (AvgIpc) is 3.69. The molecule has 0 saturated carbocycles. The topological polar surface area (TPSA) is 186 Å². The number of aliphatic carboxylic acids is 5. The Balaban J connectivity index is -0.000000153. The minimum absolute atomic E-state index is 0. The summed E-state index contributed by atoms with van der Waals surface area (Å²) < 4.78 is 0. The third-order valence-electron chi connectivity index (χ3n) is 20.0. The standard InChI is InChI=1S/5C18H36O2.Ca.K.Mg.Na/c5*1-2-3-4-5-6-7-8-9-10-11-12-13-14-15-16-17-18(19)20;;;;/h5*2-17H2,1H3,(H,19,20);;;;/q;;;;;+2;+1;+2;+1. The number of carboxylic acid groups (broad SMARTS) is 5. The molecule has 0 rings (SSSR count). The van der Waals surface area contributed by atoms with Gasteiger partial charge in [-0.3, -0.25) is 24.0 Å². The van der Waals surface area contributed by atoms with Crippen molar-refractivity contribution < 1.29 is 130 Å². The fraction of sp³-hybridized carbons (Fsp3) is 0.944. The molecule has 5 N–H and O–H groups in total. The Kier molecular flexibility index (Phi) is 144. The Hall–Kier alpha value is 2.01. The fourth-order valence-corrected chi connectivity index (χ4v) is 13.2. The van der Waals surface area contributed by atoms with Gasteiger partial charge in [-0.1, -0.05) is 484 Å². The van der Waals surface area contributed by atoms with E-state index < -0.39 is 29.8 Å². The van der Waals surface area contributed by atoms with Crippen LogP contribution in [0.15, 0.2) is 0 Å². The van der Waals surface area contributed by atoms with E-state index in [4.69, 9.17) is 25.5 Å². The maximum Gasteiger partial charge on any atom is 2.00 e. The summed E-state index contributed by atoms with van der Waals surface area (Å²) in [4.78, 5) is 51.7. The first-order valence-corrected chi connectivity index (χ1v) is 44.9. The van der Waals surface area contributed by atoms with E-state index in [9.17, 15) is 24.0 Å². The zero-order chi connectivity index (χ0) is 74.5. The molecule has 600 valence electrons. The monoisotopic (exact) mass is 1550 g/mol. The molecule has 0 heterocycles. The minimum Gasteiger partial charge on any atom is -0.481 e. The summed E-state index contributed by atoms with van der Waals surface area (Å²) in [6.07, 6.45) is 101. The maximum absolute atomic E-state index is 10.3. The predicted octanol–water partition coefficient (Wildman–Crippen LogP) is 24.9. The Morgan fingerprint density at radius 2 is 0.212 bits per heavy atom. The Morgan fingerprint density at radius 3 is 0.269 bits per heavy atom. The van der Waals surface area contributed by atoms with Crippen molar-refractivity contribution in [3.8, 4) is 0 Å². The molecule has 0 aromatic rings. The molecule has 0 atom stereocenters. The van der Waals surface area contributed by atoms with Gasteiger partial charge < -0.3 is 25.5 Å². The minimum atomic E-state index is -0.653. The smallest absolute Gasteiger partial charge is 0.481 e. The average molecular weight is 1550 g/mol. The maximum atomic E-state index is 10.3. The molecule has 10 nitrogen and oxygen atoms in total. The van der Waals surface area contributed by atoms with Crippen molar-refractivity contribution in [2.24, 2.45) is 0 Å². The summed E-state index contributed by atoms with van der Waals surface area (Å²) in [5, 5.41) is 42.6. The molecule has 0 saturated heterocycles. The molecule has 0 aromatic heterocycles. The van der Waals surface area contributed by atoms with Crippen LogP contribution in [0.5, 0.6) is 0 Å². The molecule has 0 aliphatic rings. The third kappa shape index (κ3) is 146. The molecule has 0 spiro atoms. The molecular formula is C90H180CaKMgNaO10+6. The molecule has 14 heteroatoms. The van der Waals surface area contributed by atoms with Crippen LogP contribution in [0.3, 0.4) is 0 Å². The van der Waals surface area contributed by atoms with Crippen LogP contribution in [-0.2, 0) is 24.0 Å². The zero-order valence-corrected chi connectivity index (χ0v) is 80.5. The van der Waals surface area contributed by atoms with Crippen molar-refractivity contribution in [3.05, 3.63) is 0 Å². The quantitative estimate of drug-likeness (QED) is 0.0290. The SMILES string of the molecule is CCCCCCCCCCCCCCCCCC(=O)O.CCCCCCCCCCCCCCCCCC(=O)O.CCCCCCCCCCCCCCCCCC(=O)O.CCCCCCCCCCCCCCCCCC(=O)O.CCCCCCCCCCCCCCCCCC(=O)O.[Ca+2].[K+].[Mg+2].[Na+]. The van der Waals surface area contributed by atoms with Crippen LogP contribution < -0.4 is 80.9 Å². The van der Waals surface area contributed by atoms with Crippen LogP contribution >= 0.6 is 0 Å². The summed E-state index contributed by atoms with van der Waals surface area (Å²) in [5.41, 5.74) is 0. The number of rotatable bonds is 80. The summed E-state index contributed by atoms with van der Waals surface area (Å²) in [5.74, 6) is -3.27. The van der Waals surface area contributed by atoms with Gasteiger partial charge in [-0.15, -0.1) is 0 Å². The fourth-order valence-electron chi connectivity index (χ4n) is 13.2. The molecular weight excluding hydrogens is 1370 g/mol. The summed E-state index contributed by atoms with van der Waals surface area (Å²) in [7, 11) is 0. The van der Waals surface area contributed by atoms with Crippen LogP contribution in [0.4, 0.5) is 0 Å². The number of carboxylic acids is 5. The second-order valence-corrected chi connectivity index (χ2v) is 30.5.